The van der Waals surface area contributed by atoms with Crippen molar-refractivity contribution in [3.63, 3.8) is 0 Å². The minimum atomic E-state index is -0.376. The highest BCUT2D eigenvalue weighted by Crippen LogP contribution is 2.41. The van der Waals surface area contributed by atoms with Crippen molar-refractivity contribution >= 4 is 5.78 Å². The maximum Gasteiger partial charge on any atom is 0.194 e. The molecule has 0 bridgehead atoms. The molecule has 0 aromatic heterocycles. The second-order valence-electron chi connectivity index (χ2n) is 6.05. The Bertz CT molecular complexity index is 841. The van der Waals surface area contributed by atoms with Crippen LogP contribution in [-0.4, -0.2) is 11.9 Å². The fourth-order valence-electron chi connectivity index (χ4n) is 2.83. The average molecular weight is 330 g/mol. The van der Waals surface area contributed by atoms with Crippen LogP contribution in [0, 0.1) is 0 Å². The number of Topliss-reactive ketones (excluding diaryl/α,β-unsaturated/α-hetero) is 1. The van der Waals surface area contributed by atoms with Crippen molar-refractivity contribution in [2.75, 3.05) is 0 Å². The highest BCUT2D eigenvalue weighted by Gasteiger charge is 2.46. The van der Waals surface area contributed by atoms with Gasteiger partial charge < -0.3 is 9.47 Å². The molecule has 1 aliphatic heterocycles. The van der Waals surface area contributed by atoms with E-state index in [0.717, 1.165) is 16.9 Å². The molecule has 124 valence electrons. The topological polar surface area (TPSA) is 38.8 Å². The van der Waals surface area contributed by atoms with Crippen LogP contribution in [0.3, 0.4) is 0 Å². The van der Waals surface area contributed by atoms with Gasteiger partial charge in [0.2, 0.25) is 0 Å². The minimum absolute atomic E-state index is 0.0370. The van der Waals surface area contributed by atoms with Crippen molar-refractivity contribution in [1.29, 1.82) is 0 Å². The van der Waals surface area contributed by atoms with Crippen LogP contribution in [0.2, 0.25) is 0 Å². The number of hydrogen-bond acceptors (Lipinski definition) is 3. The molecular formula is C22H18O3. The molecule has 0 spiro atoms. The Hall–Kier alpha value is -2.91. The average Bonchev–Trinajstić information content (AvgIpc) is 3.48. The number of carbonyl (C=O) groups is 1. The van der Waals surface area contributed by atoms with E-state index in [9.17, 15) is 4.79 Å². The first-order valence-electron chi connectivity index (χ1n) is 8.33. The van der Waals surface area contributed by atoms with Gasteiger partial charge in [-0.2, -0.15) is 0 Å². The molecule has 0 N–H and O–H groups in total. The maximum atomic E-state index is 12.4. The minimum Gasteiger partial charge on any atom is -0.489 e. The predicted molar refractivity (Wildman–Crippen MR) is 95.6 cm³/mol. The zero-order chi connectivity index (χ0) is 17.1. The van der Waals surface area contributed by atoms with Crippen molar-refractivity contribution in [2.24, 2.45) is 0 Å². The third kappa shape index (κ3) is 3.62. The van der Waals surface area contributed by atoms with Crippen LogP contribution in [0.25, 0.3) is 0 Å². The summed E-state index contributed by atoms with van der Waals surface area (Å²) in [6.45, 7) is 0.537. The molecule has 4 rings (SSSR count). The molecule has 3 nitrogen and oxygen atoms in total. The van der Waals surface area contributed by atoms with Crippen LogP contribution < -0.4 is 4.74 Å². The van der Waals surface area contributed by atoms with Crippen molar-refractivity contribution in [1.82, 2.24) is 0 Å². The number of ketones is 1. The van der Waals surface area contributed by atoms with E-state index in [4.69, 9.17) is 9.47 Å². The summed E-state index contributed by atoms with van der Waals surface area (Å²) in [5.41, 5.74) is 2.82. The van der Waals surface area contributed by atoms with Gasteiger partial charge in [0.1, 0.15) is 18.5 Å². The summed E-state index contributed by atoms with van der Waals surface area (Å²) >= 11 is 0. The molecule has 0 amide bonds. The van der Waals surface area contributed by atoms with Gasteiger partial charge in [-0.05, 0) is 23.3 Å². The fourth-order valence-corrected chi connectivity index (χ4v) is 2.83. The second kappa shape index (κ2) is 6.91. The quantitative estimate of drug-likeness (QED) is 0.490. The molecule has 3 heteroatoms. The van der Waals surface area contributed by atoms with Gasteiger partial charge in [0.25, 0.3) is 0 Å². The number of hydrogen-bond donors (Lipinski definition) is 0. The third-order valence-electron chi connectivity index (χ3n) is 4.27. The van der Waals surface area contributed by atoms with Crippen molar-refractivity contribution in [3.8, 4) is 5.75 Å². The van der Waals surface area contributed by atoms with Crippen LogP contribution in [0.5, 0.6) is 5.75 Å². The van der Waals surface area contributed by atoms with Crippen LogP contribution in [0.1, 0.15) is 27.6 Å². The van der Waals surface area contributed by atoms with E-state index in [2.05, 4.69) is 0 Å². The molecule has 0 saturated carbocycles. The monoisotopic (exact) mass is 330 g/mol. The number of carbonyl (C=O) groups excluding carboxylic acids is 1. The van der Waals surface area contributed by atoms with Gasteiger partial charge in [-0.1, -0.05) is 72.8 Å². The highest BCUT2D eigenvalue weighted by molar-refractivity contribution is 6.01. The van der Waals surface area contributed by atoms with Gasteiger partial charge in [-0.25, -0.2) is 0 Å². The molecule has 1 aliphatic rings. The zero-order valence-electron chi connectivity index (χ0n) is 13.7. The Morgan fingerprint density at radius 3 is 2.16 bits per heavy atom. The van der Waals surface area contributed by atoms with Crippen molar-refractivity contribution < 1.29 is 14.3 Å². The second-order valence-corrected chi connectivity index (χ2v) is 6.05. The Morgan fingerprint density at radius 1 is 0.840 bits per heavy atom. The molecule has 0 radical (unpaired) electrons. The number of rotatable bonds is 6. The fraction of sp³-hybridized carbons (Fsp3) is 0.136. The predicted octanol–water partition coefficient (Wildman–Crippen LogP) is 4.59. The number of epoxide rings is 1. The third-order valence-corrected chi connectivity index (χ3v) is 4.27. The maximum absolute atomic E-state index is 12.4. The van der Waals surface area contributed by atoms with Crippen molar-refractivity contribution in [3.05, 3.63) is 102 Å². The summed E-state index contributed by atoms with van der Waals surface area (Å²) in [4.78, 5) is 12.4. The molecule has 2 atom stereocenters. The summed E-state index contributed by atoms with van der Waals surface area (Å²) in [5.74, 6) is 0.842. The zero-order valence-corrected chi connectivity index (χ0v) is 13.7. The van der Waals surface area contributed by atoms with Crippen LogP contribution >= 0.6 is 0 Å². The molecular weight excluding hydrogens is 312 g/mol. The summed E-state index contributed by atoms with van der Waals surface area (Å²) in [5, 5.41) is 0. The SMILES string of the molecule is O=C(c1ccccc1)[C@@H]1O[C@H]1c1ccc(OCc2ccccc2)cc1. The number of ether oxygens (including phenoxy) is 2. The van der Waals surface area contributed by atoms with Gasteiger partial charge >= 0.3 is 0 Å². The van der Waals surface area contributed by atoms with Gasteiger partial charge in [-0.3, -0.25) is 4.79 Å². The first kappa shape index (κ1) is 15.6. The van der Waals surface area contributed by atoms with E-state index in [1.54, 1.807) is 0 Å². The lowest BCUT2D eigenvalue weighted by atomic mass is 10.0. The van der Waals surface area contributed by atoms with Gasteiger partial charge in [-0.15, -0.1) is 0 Å². The Morgan fingerprint density at radius 2 is 1.48 bits per heavy atom. The molecule has 3 aromatic rings. The number of benzene rings is 3. The molecule has 1 saturated heterocycles. The van der Waals surface area contributed by atoms with Crippen LogP contribution in [0.15, 0.2) is 84.9 Å². The first-order chi connectivity index (χ1) is 12.3. The smallest absolute Gasteiger partial charge is 0.194 e. The van der Waals surface area contributed by atoms with E-state index >= 15 is 0 Å². The Kier molecular flexibility index (Phi) is 4.32. The lowest BCUT2D eigenvalue weighted by Gasteiger charge is -2.06. The van der Waals surface area contributed by atoms with E-state index in [-0.39, 0.29) is 18.0 Å². The van der Waals surface area contributed by atoms with E-state index in [1.807, 2.05) is 84.9 Å². The standard InChI is InChI=1S/C22H18O3/c23-20(17-9-5-2-6-10-17)22-21(25-22)18-11-13-19(14-12-18)24-15-16-7-3-1-4-8-16/h1-14,21-22H,15H2/t21-,22-/m0/s1. The molecule has 1 heterocycles. The van der Waals surface area contributed by atoms with Crippen LogP contribution in [0.4, 0.5) is 0 Å². The Balaban J connectivity index is 1.36. The summed E-state index contributed by atoms with van der Waals surface area (Å²) in [7, 11) is 0. The van der Waals surface area contributed by atoms with Crippen LogP contribution in [-0.2, 0) is 11.3 Å². The molecule has 0 unspecified atom stereocenters. The Labute approximate surface area is 146 Å². The lowest BCUT2D eigenvalue weighted by molar-refractivity contribution is 0.0953. The molecule has 3 aromatic carbocycles. The van der Waals surface area contributed by atoms with E-state index in [1.165, 1.54) is 0 Å². The first-order valence-corrected chi connectivity index (χ1v) is 8.33. The normalized spacial score (nSPS) is 18.6. The summed E-state index contributed by atoms with van der Waals surface area (Å²) in [6.07, 6.45) is -0.533. The van der Waals surface area contributed by atoms with Gasteiger partial charge in [0, 0.05) is 5.56 Å². The van der Waals surface area contributed by atoms with Gasteiger partial charge in [0.15, 0.2) is 11.9 Å². The largest absolute Gasteiger partial charge is 0.489 e. The van der Waals surface area contributed by atoms with E-state index in [0.29, 0.717) is 12.2 Å². The summed E-state index contributed by atoms with van der Waals surface area (Å²) < 4.78 is 11.4. The summed E-state index contributed by atoms with van der Waals surface area (Å²) in [6, 6.07) is 27.1. The molecule has 0 aliphatic carbocycles. The molecule has 25 heavy (non-hydrogen) atoms. The van der Waals surface area contributed by atoms with Crippen molar-refractivity contribution in [2.45, 2.75) is 18.8 Å². The lowest BCUT2D eigenvalue weighted by Crippen LogP contribution is -2.07. The van der Waals surface area contributed by atoms with E-state index < -0.39 is 0 Å². The van der Waals surface area contributed by atoms with Gasteiger partial charge in [0.05, 0.1) is 0 Å². The molecule has 1 fully saturated rings. The highest BCUT2D eigenvalue weighted by atomic mass is 16.6.